The Morgan fingerprint density at radius 2 is 1.79 bits per heavy atom. The molecule has 3 N–H and O–H groups in total. The first-order valence-electron chi connectivity index (χ1n) is 9.13. The fraction of sp³-hybridized carbons (Fsp3) is 0.632. The number of phenolic OH excluding ortho intramolecular Hbond substituents is 1. The Morgan fingerprint density at radius 1 is 1.12 bits per heavy atom. The lowest BCUT2D eigenvalue weighted by Gasteiger charge is -2.26. The van der Waals surface area contributed by atoms with Crippen molar-refractivity contribution in [1.82, 2.24) is 15.5 Å². The number of nitrogens with zero attached hydrogens (tertiary/aromatic N) is 2. The van der Waals surface area contributed by atoms with Gasteiger partial charge in [-0.2, -0.15) is 0 Å². The van der Waals surface area contributed by atoms with E-state index in [0.717, 1.165) is 42.3 Å². The maximum absolute atomic E-state index is 9.87. The van der Waals surface area contributed by atoms with Gasteiger partial charge in [0, 0.05) is 19.6 Å². The highest BCUT2D eigenvalue weighted by Crippen LogP contribution is 2.23. The van der Waals surface area contributed by atoms with Crippen molar-refractivity contribution in [2.75, 3.05) is 32.7 Å². The zero-order chi connectivity index (χ0) is 17.4. The van der Waals surface area contributed by atoms with E-state index >= 15 is 0 Å². The van der Waals surface area contributed by atoms with E-state index in [-0.39, 0.29) is 0 Å². The number of hydrogen-bond acceptors (Lipinski definition) is 3. The first-order chi connectivity index (χ1) is 11.6. The number of guanidine groups is 1. The molecule has 1 fully saturated rings. The van der Waals surface area contributed by atoms with Crippen LogP contribution in [0.25, 0.3) is 0 Å². The van der Waals surface area contributed by atoms with Crippen LogP contribution in [0.1, 0.15) is 42.9 Å². The Balaban J connectivity index is 1.87. The number of aromatic hydroxyl groups is 1. The molecule has 0 amide bonds. The highest BCUT2D eigenvalue weighted by molar-refractivity contribution is 5.79. The maximum Gasteiger partial charge on any atom is 0.191 e. The molecule has 0 aliphatic carbocycles. The molecular weight excluding hydrogens is 300 g/mol. The van der Waals surface area contributed by atoms with E-state index in [1.165, 1.54) is 32.4 Å². The van der Waals surface area contributed by atoms with Crippen molar-refractivity contribution in [3.8, 4) is 5.75 Å². The molecule has 0 saturated carbocycles. The number of aliphatic imine (C=N–C) groups is 1. The first kappa shape index (κ1) is 18.6. The molecule has 1 aliphatic heterocycles. The smallest absolute Gasteiger partial charge is 0.191 e. The van der Waals surface area contributed by atoms with Crippen LogP contribution in [0.5, 0.6) is 5.75 Å². The molecule has 5 nitrogen and oxygen atoms in total. The van der Waals surface area contributed by atoms with E-state index in [0.29, 0.717) is 12.3 Å². The predicted octanol–water partition coefficient (Wildman–Crippen LogP) is 2.55. The fourth-order valence-electron chi connectivity index (χ4n) is 3.16. The normalized spacial score (nSPS) is 16.2. The molecule has 0 atom stereocenters. The molecule has 24 heavy (non-hydrogen) atoms. The number of benzene rings is 1. The third-order valence-electron chi connectivity index (χ3n) is 4.48. The Bertz CT molecular complexity index is 527. The summed E-state index contributed by atoms with van der Waals surface area (Å²) in [5.74, 6) is 1.24. The molecule has 0 bridgehead atoms. The van der Waals surface area contributed by atoms with E-state index < -0.39 is 0 Å². The van der Waals surface area contributed by atoms with Gasteiger partial charge < -0.3 is 20.6 Å². The lowest BCUT2D eigenvalue weighted by atomic mass is 10.1. The van der Waals surface area contributed by atoms with E-state index in [1.807, 2.05) is 26.0 Å². The highest BCUT2D eigenvalue weighted by Gasteiger charge is 2.09. The van der Waals surface area contributed by atoms with Gasteiger partial charge in [0.05, 0.1) is 6.54 Å². The topological polar surface area (TPSA) is 59.9 Å². The van der Waals surface area contributed by atoms with Crippen LogP contribution in [-0.4, -0.2) is 48.7 Å². The summed E-state index contributed by atoms with van der Waals surface area (Å²) in [6.45, 7) is 11.8. The number of piperidine rings is 1. The van der Waals surface area contributed by atoms with Crippen LogP contribution in [0.3, 0.4) is 0 Å². The van der Waals surface area contributed by atoms with Crippen molar-refractivity contribution in [3.05, 3.63) is 28.8 Å². The quantitative estimate of drug-likeness (QED) is 0.553. The Labute approximate surface area is 146 Å². The number of likely N-dealkylation sites (tertiary alicyclic amines) is 1. The van der Waals surface area contributed by atoms with Crippen LogP contribution in [0, 0.1) is 13.8 Å². The molecule has 1 aromatic carbocycles. The molecule has 0 radical (unpaired) electrons. The van der Waals surface area contributed by atoms with Crippen LogP contribution in [-0.2, 0) is 6.54 Å². The zero-order valence-electron chi connectivity index (χ0n) is 15.4. The summed E-state index contributed by atoms with van der Waals surface area (Å²) in [7, 11) is 0. The predicted molar refractivity (Wildman–Crippen MR) is 101 cm³/mol. The van der Waals surface area contributed by atoms with Gasteiger partial charge in [0.1, 0.15) is 5.75 Å². The van der Waals surface area contributed by atoms with Crippen molar-refractivity contribution < 1.29 is 5.11 Å². The van der Waals surface area contributed by atoms with Crippen LogP contribution in [0.15, 0.2) is 17.1 Å². The third kappa shape index (κ3) is 5.71. The summed E-state index contributed by atoms with van der Waals surface area (Å²) in [6.07, 6.45) is 4.03. The third-order valence-corrected chi connectivity index (χ3v) is 4.48. The maximum atomic E-state index is 9.87. The van der Waals surface area contributed by atoms with Crippen molar-refractivity contribution in [2.24, 2.45) is 4.99 Å². The van der Waals surface area contributed by atoms with Crippen molar-refractivity contribution in [2.45, 2.75) is 46.6 Å². The Kier molecular flexibility index (Phi) is 7.37. The second-order valence-corrected chi connectivity index (χ2v) is 6.60. The Morgan fingerprint density at radius 3 is 2.42 bits per heavy atom. The fourth-order valence-corrected chi connectivity index (χ4v) is 3.16. The largest absolute Gasteiger partial charge is 0.507 e. The van der Waals surface area contributed by atoms with E-state index in [4.69, 9.17) is 0 Å². The molecule has 5 heteroatoms. The summed E-state index contributed by atoms with van der Waals surface area (Å²) in [4.78, 5) is 7.19. The number of hydrogen-bond donors (Lipinski definition) is 3. The number of rotatable bonds is 6. The molecule has 0 spiro atoms. The second-order valence-electron chi connectivity index (χ2n) is 6.60. The van der Waals surface area contributed by atoms with Crippen LogP contribution >= 0.6 is 0 Å². The van der Waals surface area contributed by atoms with Crippen molar-refractivity contribution in [3.63, 3.8) is 0 Å². The van der Waals surface area contributed by atoms with Crippen molar-refractivity contribution in [1.29, 1.82) is 0 Å². The van der Waals surface area contributed by atoms with Gasteiger partial charge in [-0.15, -0.1) is 0 Å². The van der Waals surface area contributed by atoms with Gasteiger partial charge in [0.2, 0.25) is 0 Å². The first-order valence-corrected chi connectivity index (χ1v) is 9.13. The minimum Gasteiger partial charge on any atom is -0.507 e. The van der Waals surface area contributed by atoms with E-state index in [1.54, 1.807) is 0 Å². The van der Waals surface area contributed by atoms with Gasteiger partial charge in [-0.3, -0.25) is 0 Å². The minimum atomic E-state index is 0.384. The van der Waals surface area contributed by atoms with Gasteiger partial charge in [0.25, 0.3) is 0 Å². The van der Waals surface area contributed by atoms with Gasteiger partial charge in [0.15, 0.2) is 5.96 Å². The number of nitrogens with one attached hydrogen (secondary N) is 2. The average molecular weight is 332 g/mol. The average Bonchev–Trinajstić information content (AvgIpc) is 2.58. The van der Waals surface area contributed by atoms with E-state index in [2.05, 4.69) is 27.4 Å². The lowest BCUT2D eigenvalue weighted by Crippen LogP contribution is -2.42. The van der Waals surface area contributed by atoms with Crippen molar-refractivity contribution >= 4 is 5.96 Å². The number of aryl methyl sites for hydroxylation is 2. The standard InChI is InChI=1S/C19H32N4O/c1-4-20-19(21-8-11-23-9-6-5-7-10-23)22-14-17-12-15(2)18(24)16(3)13-17/h12-13,24H,4-11,14H2,1-3H3,(H2,20,21,22). The monoisotopic (exact) mass is 332 g/mol. The summed E-state index contributed by atoms with van der Waals surface area (Å²) in [5.41, 5.74) is 2.93. The minimum absolute atomic E-state index is 0.384. The van der Waals surface area contributed by atoms with Crippen LogP contribution in [0.4, 0.5) is 0 Å². The Hall–Kier alpha value is -1.75. The van der Waals surface area contributed by atoms with Crippen LogP contribution < -0.4 is 10.6 Å². The molecule has 134 valence electrons. The second kappa shape index (κ2) is 9.52. The SMILES string of the molecule is CCNC(=NCc1cc(C)c(O)c(C)c1)NCCN1CCCCC1. The molecule has 0 aromatic heterocycles. The summed E-state index contributed by atoms with van der Waals surface area (Å²) in [6, 6.07) is 4.01. The molecular formula is C19H32N4O. The highest BCUT2D eigenvalue weighted by atomic mass is 16.3. The number of phenols is 1. The lowest BCUT2D eigenvalue weighted by molar-refractivity contribution is 0.232. The summed E-state index contributed by atoms with van der Waals surface area (Å²) in [5, 5.41) is 16.6. The zero-order valence-corrected chi connectivity index (χ0v) is 15.4. The van der Waals surface area contributed by atoms with Gasteiger partial charge in [-0.1, -0.05) is 18.6 Å². The summed E-state index contributed by atoms with van der Waals surface area (Å²) < 4.78 is 0. The molecule has 1 saturated heterocycles. The van der Waals surface area contributed by atoms with E-state index in [9.17, 15) is 5.11 Å². The molecule has 0 unspecified atom stereocenters. The molecule has 1 heterocycles. The molecule has 1 aliphatic rings. The molecule has 1 aromatic rings. The van der Waals surface area contributed by atoms with Crippen LogP contribution in [0.2, 0.25) is 0 Å². The van der Waals surface area contributed by atoms with Gasteiger partial charge in [-0.25, -0.2) is 4.99 Å². The molecule has 2 rings (SSSR count). The van der Waals surface area contributed by atoms with Gasteiger partial charge >= 0.3 is 0 Å². The van der Waals surface area contributed by atoms with Gasteiger partial charge in [-0.05, 0) is 63.4 Å². The summed E-state index contributed by atoms with van der Waals surface area (Å²) >= 11 is 0.